The van der Waals surface area contributed by atoms with Crippen molar-refractivity contribution in [3.63, 3.8) is 0 Å². The van der Waals surface area contributed by atoms with Crippen molar-refractivity contribution in [2.75, 3.05) is 36.0 Å². The van der Waals surface area contributed by atoms with Gasteiger partial charge < -0.3 is 14.2 Å². The van der Waals surface area contributed by atoms with Crippen molar-refractivity contribution in [2.24, 2.45) is 0 Å². The van der Waals surface area contributed by atoms with Crippen molar-refractivity contribution in [3.8, 4) is 0 Å². The van der Waals surface area contributed by atoms with E-state index in [1.165, 1.54) is 24.3 Å². The zero-order valence-electron chi connectivity index (χ0n) is 12.4. The minimum Gasteiger partial charge on any atom is -0.423 e. The third-order valence-electron chi connectivity index (χ3n) is 4.08. The summed E-state index contributed by atoms with van der Waals surface area (Å²) in [6.45, 7) is 3.07. The number of hydrogen-bond acceptors (Lipinski definition) is 4. The summed E-state index contributed by atoms with van der Waals surface area (Å²) in [5.41, 5.74) is 2.12. The second-order valence-corrected chi connectivity index (χ2v) is 5.56. The van der Waals surface area contributed by atoms with E-state index in [1.807, 2.05) is 4.90 Å². The van der Waals surface area contributed by atoms with Gasteiger partial charge in [0.2, 0.25) is 0 Å². The van der Waals surface area contributed by atoms with E-state index in [0.717, 1.165) is 31.9 Å². The zero-order valence-corrected chi connectivity index (χ0v) is 12.4. The Kier molecular flexibility index (Phi) is 3.37. The van der Waals surface area contributed by atoms with E-state index in [1.54, 1.807) is 18.2 Å². The molecule has 3 aromatic rings. The number of halogens is 2. The molecule has 4 nitrogen and oxygen atoms in total. The van der Waals surface area contributed by atoms with Gasteiger partial charge in [-0.1, -0.05) is 0 Å². The highest BCUT2D eigenvalue weighted by Crippen LogP contribution is 2.25. The van der Waals surface area contributed by atoms with Crippen LogP contribution in [0.4, 0.5) is 20.5 Å². The number of nitrogens with zero attached hydrogens (tertiary/aromatic N) is 3. The molecular weight excluding hydrogens is 300 g/mol. The molecular formula is C17H15F2N3O. The van der Waals surface area contributed by atoms with Crippen LogP contribution in [-0.2, 0) is 0 Å². The maximum Gasteiger partial charge on any atom is 0.298 e. The van der Waals surface area contributed by atoms with Crippen LogP contribution in [0.3, 0.4) is 0 Å². The van der Waals surface area contributed by atoms with E-state index in [0.29, 0.717) is 17.1 Å². The first-order valence-electron chi connectivity index (χ1n) is 7.50. The third-order valence-corrected chi connectivity index (χ3v) is 4.08. The summed E-state index contributed by atoms with van der Waals surface area (Å²) in [4.78, 5) is 8.64. The third kappa shape index (κ3) is 2.72. The van der Waals surface area contributed by atoms with Crippen LogP contribution in [0.15, 0.2) is 46.9 Å². The normalized spacial score (nSPS) is 15.4. The molecule has 0 unspecified atom stereocenters. The van der Waals surface area contributed by atoms with Crippen molar-refractivity contribution < 1.29 is 13.2 Å². The van der Waals surface area contributed by atoms with Crippen molar-refractivity contribution in [2.45, 2.75) is 0 Å². The smallest absolute Gasteiger partial charge is 0.298 e. The summed E-state index contributed by atoms with van der Waals surface area (Å²) in [5, 5.41) is 0. The van der Waals surface area contributed by atoms with Crippen LogP contribution in [0, 0.1) is 11.6 Å². The average Bonchev–Trinajstić information content (AvgIpc) is 2.99. The number of piperazine rings is 1. The molecule has 118 valence electrons. The second kappa shape index (κ2) is 5.53. The highest BCUT2D eigenvalue weighted by atomic mass is 19.1. The molecule has 0 atom stereocenters. The van der Waals surface area contributed by atoms with E-state index in [-0.39, 0.29) is 11.6 Å². The second-order valence-electron chi connectivity index (χ2n) is 5.56. The monoisotopic (exact) mass is 315 g/mol. The first-order chi connectivity index (χ1) is 11.2. The maximum atomic E-state index is 13.2. The van der Waals surface area contributed by atoms with Gasteiger partial charge in [-0.15, -0.1) is 0 Å². The van der Waals surface area contributed by atoms with Gasteiger partial charge in [-0.3, -0.25) is 0 Å². The zero-order chi connectivity index (χ0) is 15.8. The first-order valence-corrected chi connectivity index (χ1v) is 7.50. The van der Waals surface area contributed by atoms with Gasteiger partial charge in [-0.25, -0.2) is 8.78 Å². The quantitative estimate of drug-likeness (QED) is 0.725. The number of hydrogen-bond donors (Lipinski definition) is 0. The van der Waals surface area contributed by atoms with Gasteiger partial charge in [0.05, 0.1) is 0 Å². The molecule has 2 aromatic carbocycles. The van der Waals surface area contributed by atoms with E-state index in [2.05, 4.69) is 9.88 Å². The van der Waals surface area contributed by atoms with Crippen molar-refractivity contribution in [1.82, 2.24) is 4.98 Å². The Morgan fingerprint density at radius 1 is 0.826 bits per heavy atom. The summed E-state index contributed by atoms with van der Waals surface area (Å²) in [7, 11) is 0. The number of anilines is 2. The van der Waals surface area contributed by atoms with Crippen LogP contribution >= 0.6 is 0 Å². The molecule has 0 N–H and O–H groups in total. The fourth-order valence-electron chi connectivity index (χ4n) is 2.83. The molecule has 6 heteroatoms. The first kappa shape index (κ1) is 14.0. The molecule has 0 saturated carbocycles. The number of fused-ring (bicyclic) bond motifs is 1. The summed E-state index contributed by atoms with van der Waals surface area (Å²) < 4.78 is 31.9. The standard InChI is InChI=1S/C17H15F2N3O/c18-12-1-4-14(5-2-12)21-7-9-22(10-8-21)17-20-15-6-3-13(19)11-16(15)23-17/h1-6,11H,7-10H2. The summed E-state index contributed by atoms with van der Waals surface area (Å²) in [6, 6.07) is 11.4. The summed E-state index contributed by atoms with van der Waals surface area (Å²) in [5.74, 6) is -0.563. The lowest BCUT2D eigenvalue weighted by Crippen LogP contribution is -2.46. The van der Waals surface area contributed by atoms with Gasteiger partial charge >= 0.3 is 0 Å². The molecule has 0 radical (unpaired) electrons. The SMILES string of the molecule is Fc1ccc(N2CCN(c3nc4ccc(F)cc4o3)CC2)cc1. The van der Waals surface area contributed by atoms with Gasteiger partial charge in [0.15, 0.2) is 5.58 Å². The average molecular weight is 315 g/mol. The fraction of sp³-hybridized carbons (Fsp3) is 0.235. The molecule has 1 saturated heterocycles. The van der Waals surface area contributed by atoms with E-state index < -0.39 is 0 Å². The summed E-state index contributed by atoms with van der Waals surface area (Å²) >= 11 is 0. The largest absolute Gasteiger partial charge is 0.423 e. The van der Waals surface area contributed by atoms with Crippen LogP contribution in [0.1, 0.15) is 0 Å². The van der Waals surface area contributed by atoms with Crippen molar-refractivity contribution >= 4 is 22.8 Å². The molecule has 4 rings (SSSR count). The van der Waals surface area contributed by atoms with Gasteiger partial charge in [0, 0.05) is 37.9 Å². The minimum atomic E-state index is -0.332. The molecule has 0 spiro atoms. The summed E-state index contributed by atoms with van der Waals surface area (Å²) in [6.07, 6.45) is 0. The van der Waals surface area contributed by atoms with Gasteiger partial charge in [-0.05, 0) is 36.4 Å². The predicted molar refractivity (Wildman–Crippen MR) is 84.8 cm³/mol. The molecule has 1 aliphatic rings. The van der Waals surface area contributed by atoms with E-state index in [9.17, 15) is 8.78 Å². The molecule has 0 aliphatic carbocycles. The van der Waals surface area contributed by atoms with Gasteiger partial charge in [0.1, 0.15) is 17.2 Å². The Morgan fingerprint density at radius 3 is 2.22 bits per heavy atom. The van der Waals surface area contributed by atoms with Crippen LogP contribution in [0.25, 0.3) is 11.1 Å². The molecule has 0 bridgehead atoms. The Balaban J connectivity index is 1.48. The number of benzene rings is 2. The number of oxazole rings is 1. The van der Waals surface area contributed by atoms with E-state index in [4.69, 9.17) is 4.42 Å². The molecule has 2 heterocycles. The minimum absolute atomic E-state index is 0.230. The van der Waals surface area contributed by atoms with Crippen LogP contribution < -0.4 is 9.80 Å². The lowest BCUT2D eigenvalue weighted by molar-refractivity contribution is 0.539. The van der Waals surface area contributed by atoms with Gasteiger partial charge in [0.25, 0.3) is 6.01 Å². The maximum absolute atomic E-state index is 13.2. The number of aromatic nitrogens is 1. The Hall–Kier alpha value is -2.63. The van der Waals surface area contributed by atoms with Crippen LogP contribution in [-0.4, -0.2) is 31.2 Å². The molecule has 1 fully saturated rings. The molecule has 23 heavy (non-hydrogen) atoms. The highest BCUT2D eigenvalue weighted by molar-refractivity contribution is 5.74. The topological polar surface area (TPSA) is 32.5 Å². The predicted octanol–water partition coefficient (Wildman–Crippen LogP) is 3.43. The van der Waals surface area contributed by atoms with Crippen molar-refractivity contribution in [1.29, 1.82) is 0 Å². The Bertz CT molecular complexity index is 823. The van der Waals surface area contributed by atoms with Gasteiger partial charge in [-0.2, -0.15) is 4.98 Å². The van der Waals surface area contributed by atoms with Crippen LogP contribution in [0.2, 0.25) is 0 Å². The Morgan fingerprint density at radius 2 is 1.48 bits per heavy atom. The van der Waals surface area contributed by atoms with E-state index >= 15 is 0 Å². The molecule has 0 amide bonds. The lowest BCUT2D eigenvalue weighted by atomic mass is 10.2. The fourth-order valence-corrected chi connectivity index (χ4v) is 2.83. The molecule has 1 aliphatic heterocycles. The Labute approximate surface area is 131 Å². The van der Waals surface area contributed by atoms with Crippen LogP contribution in [0.5, 0.6) is 0 Å². The lowest BCUT2D eigenvalue weighted by Gasteiger charge is -2.35. The van der Waals surface area contributed by atoms with Crippen molar-refractivity contribution in [3.05, 3.63) is 54.1 Å². The number of rotatable bonds is 2. The molecule has 1 aromatic heterocycles. The highest BCUT2D eigenvalue weighted by Gasteiger charge is 2.21.